The minimum Gasteiger partial charge on any atom is -0.495 e. The van der Waals surface area contributed by atoms with E-state index in [1.165, 1.54) is 25.3 Å². The number of aromatic nitrogens is 1. The molecule has 0 atom stereocenters. The summed E-state index contributed by atoms with van der Waals surface area (Å²) >= 11 is 0. The zero-order valence-electron chi connectivity index (χ0n) is 17.9. The van der Waals surface area contributed by atoms with Crippen LogP contribution in [0.4, 0.5) is 11.4 Å². The van der Waals surface area contributed by atoms with Crippen molar-refractivity contribution in [1.82, 2.24) is 4.98 Å². The molecule has 0 radical (unpaired) electrons. The Hall–Kier alpha value is -4.26. The number of fused-ring (bicyclic) bond motifs is 1. The number of anilines is 1. The van der Waals surface area contributed by atoms with Crippen LogP contribution in [0.1, 0.15) is 21.5 Å². The van der Waals surface area contributed by atoms with Crippen molar-refractivity contribution in [2.75, 3.05) is 12.4 Å². The number of nitrogens with one attached hydrogen (secondary N) is 1. The van der Waals surface area contributed by atoms with E-state index in [0.29, 0.717) is 27.9 Å². The van der Waals surface area contributed by atoms with Gasteiger partial charge in [0.2, 0.25) is 0 Å². The average Bonchev–Trinajstić information content (AvgIpc) is 2.79. The summed E-state index contributed by atoms with van der Waals surface area (Å²) in [5, 5.41) is 14.7. The number of hydrogen-bond donors (Lipinski definition) is 1. The monoisotopic (exact) mass is 427 g/mol. The Labute approximate surface area is 184 Å². The van der Waals surface area contributed by atoms with Gasteiger partial charge in [0.25, 0.3) is 11.6 Å². The van der Waals surface area contributed by atoms with E-state index in [9.17, 15) is 14.9 Å². The number of hydrogen-bond acceptors (Lipinski definition) is 5. The molecule has 7 heteroatoms. The summed E-state index contributed by atoms with van der Waals surface area (Å²) < 4.78 is 5.29. The fraction of sp³-hybridized carbons (Fsp3) is 0.120. The maximum atomic E-state index is 13.5. The Kier molecular flexibility index (Phi) is 5.55. The molecule has 0 saturated carbocycles. The van der Waals surface area contributed by atoms with Gasteiger partial charge in [0.15, 0.2) is 0 Å². The minimum absolute atomic E-state index is 0.141. The van der Waals surface area contributed by atoms with E-state index in [2.05, 4.69) is 5.32 Å². The fourth-order valence-electron chi connectivity index (χ4n) is 3.68. The van der Waals surface area contributed by atoms with Crippen LogP contribution >= 0.6 is 0 Å². The van der Waals surface area contributed by atoms with Crippen LogP contribution in [0.15, 0.2) is 66.7 Å². The average molecular weight is 427 g/mol. The number of carbonyl (C=O) groups excluding carboxylic acids is 1. The second-order valence-electron chi connectivity index (χ2n) is 7.44. The van der Waals surface area contributed by atoms with Crippen LogP contribution in [0.3, 0.4) is 0 Å². The second kappa shape index (κ2) is 8.47. The molecule has 1 heterocycles. The van der Waals surface area contributed by atoms with Gasteiger partial charge in [0.1, 0.15) is 5.75 Å². The molecule has 0 unspecified atom stereocenters. The topological polar surface area (TPSA) is 94.4 Å². The Bertz CT molecular complexity index is 1350. The number of nitro benzene ring substituents is 1. The van der Waals surface area contributed by atoms with Gasteiger partial charge in [-0.2, -0.15) is 0 Å². The molecule has 0 saturated heterocycles. The molecule has 0 aliphatic heterocycles. The van der Waals surface area contributed by atoms with Gasteiger partial charge in [0, 0.05) is 23.1 Å². The number of carbonyl (C=O) groups is 1. The summed E-state index contributed by atoms with van der Waals surface area (Å²) in [6.07, 6.45) is 0. The smallest absolute Gasteiger partial charge is 0.271 e. The standard InChI is InChI=1S/C25H21N3O4/c1-15-8-10-17(11-9-15)24-16(2)23(19-6-4-5-7-20(19)26-24)25(29)27-21-14-18(28(30)31)12-13-22(21)32-3/h4-14H,1-3H3,(H,27,29). The lowest BCUT2D eigenvalue weighted by atomic mass is 9.96. The van der Waals surface area contributed by atoms with E-state index >= 15 is 0 Å². The highest BCUT2D eigenvalue weighted by Crippen LogP contribution is 2.33. The van der Waals surface area contributed by atoms with Crippen molar-refractivity contribution in [2.45, 2.75) is 13.8 Å². The van der Waals surface area contributed by atoms with Crippen molar-refractivity contribution in [1.29, 1.82) is 0 Å². The molecule has 1 amide bonds. The highest BCUT2D eigenvalue weighted by atomic mass is 16.6. The molecule has 1 N–H and O–H groups in total. The van der Waals surface area contributed by atoms with Gasteiger partial charge >= 0.3 is 0 Å². The van der Waals surface area contributed by atoms with Crippen LogP contribution in [0, 0.1) is 24.0 Å². The van der Waals surface area contributed by atoms with Crippen molar-refractivity contribution in [3.05, 3.63) is 93.5 Å². The molecule has 0 bridgehead atoms. The molecule has 4 aromatic rings. The summed E-state index contributed by atoms with van der Waals surface area (Å²) in [5.41, 5.74) is 4.68. The van der Waals surface area contributed by atoms with E-state index < -0.39 is 10.8 Å². The summed E-state index contributed by atoms with van der Waals surface area (Å²) in [5.74, 6) is -0.0630. The van der Waals surface area contributed by atoms with E-state index in [4.69, 9.17) is 9.72 Å². The van der Waals surface area contributed by atoms with Crippen LogP contribution in [-0.4, -0.2) is 22.9 Å². The van der Waals surface area contributed by atoms with E-state index in [1.54, 1.807) is 0 Å². The highest BCUT2D eigenvalue weighted by Gasteiger charge is 2.21. The van der Waals surface area contributed by atoms with Crippen molar-refractivity contribution in [3.8, 4) is 17.0 Å². The van der Waals surface area contributed by atoms with Crippen molar-refractivity contribution in [2.24, 2.45) is 0 Å². The first-order chi connectivity index (χ1) is 15.4. The van der Waals surface area contributed by atoms with E-state index in [-0.39, 0.29) is 11.4 Å². The molecule has 4 rings (SSSR count). The van der Waals surface area contributed by atoms with Gasteiger partial charge in [-0.25, -0.2) is 4.98 Å². The Balaban J connectivity index is 1.86. The zero-order chi connectivity index (χ0) is 22.8. The molecule has 0 aliphatic carbocycles. The second-order valence-corrected chi connectivity index (χ2v) is 7.44. The number of methoxy groups -OCH3 is 1. The third kappa shape index (κ3) is 3.88. The Morgan fingerprint density at radius 2 is 1.75 bits per heavy atom. The summed E-state index contributed by atoms with van der Waals surface area (Å²) in [6, 6.07) is 19.4. The van der Waals surface area contributed by atoms with E-state index in [0.717, 1.165) is 16.7 Å². The van der Waals surface area contributed by atoms with Crippen molar-refractivity contribution in [3.63, 3.8) is 0 Å². The first-order valence-electron chi connectivity index (χ1n) is 9.99. The van der Waals surface area contributed by atoms with Crippen LogP contribution in [0.2, 0.25) is 0 Å². The molecule has 0 spiro atoms. The number of nitro groups is 1. The first-order valence-corrected chi connectivity index (χ1v) is 9.99. The van der Waals surface area contributed by atoms with Crippen molar-refractivity contribution >= 4 is 28.2 Å². The number of amides is 1. The third-order valence-electron chi connectivity index (χ3n) is 5.33. The molecule has 0 fully saturated rings. The molecular formula is C25H21N3O4. The molecular weight excluding hydrogens is 406 g/mol. The highest BCUT2D eigenvalue weighted by molar-refractivity contribution is 6.15. The van der Waals surface area contributed by atoms with Gasteiger partial charge in [0.05, 0.1) is 34.5 Å². The maximum absolute atomic E-state index is 13.5. The van der Waals surface area contributed by atoms with Crippen LogP contribution < -0.4 is 10.1 Å². The van der Waals surface area contributed by atoms with Gasteiger partial charge < -0.3 is 10.1 Å². The normalized spacial score (nSPS) is 10.7. The minimum atomic E-state index is -0.516. The SMILES string of the molecule is COc1ccc([N+](=O)[O-])cc1NC(=O)c1c(C)c(-c2ccc(C)cc2)nc2ccccc12. The molecule has 3 aromatic carbocycles. The van der Waals surface area contributed by atoms with Gasteiger partial charge in [-0.3, -0.25) is 14.9 Å². The molecule has 160 valence electrons. The summed E-state index contributed by atoms with van der Waals surface area (Å²) in [4.78, 5) is 29.0. The van der Waals surface area contributed by atoms with Crippen LogP contribution in [0.25, 0.3) is 22.2 Å². The molecule has 0 aliphatic rings. The number of benzene rings is 3. The number of pyridine rings is 1. The largest absolute Gasteiger partial charge is 0.495 e. The number of non-ortho nitro benzene ring substituents is 1. The van der Waals surface area contributed by atoms with Crippen molar-refractivity contribution < 1.29 is 14.5 Å². The predicted octanol–water partition coefficient (Wildman–Crippen LogP) is 5.69. The maximum Gasteiger partial charge on any atom is 0.271 e. The lowest BCUT2D eigenvalue weighted by Gasteiger charge is -2.16. The van der Waals surface area contributed by atoms with E-state index in [1.807, 2.05) is 62.4 Å². The number of para-hydroxylation sites is 1. The Morgan fingerprint density at radius 1 is 1.03 bits per heavy atom. The quantitative estimate of drug-likeness (QED) is 0.326. The predicted molar refractivity (Wildman–Crippen MR) is 124 cm³/mol. The zero-order valence-corrected chi connectivity index (χ0v) is 17.9. The Morgan fingerprint density at radius 3 is 2.44 bits per heavy atom. The lowest BCUT2D eigenvalue weighted by Crippen LogP contribution is -2.16. The number of ether oxygens (including phenoxy) is 1. The molecule has 1 aromatic heterocycles. The summed E-state index contributed by atoms with van der Waals surface area (Å²) in [6.45, 7) is 3.87. The lowest BCUT2D eigenvalue weighted by molar-refractivity contribution is -0.384. The molecule has 7 nitrogen and oxygen atoms in total. The number of rotatable bonds is 5. The third-order valence-corrected chi connectivity index (χ3v) is 5.33. The van der Waals surface area contributed by atoms with Gasteiger partial charge in [-0.1, -0.05) is 48.0 Å². The number of nitrogens with zero attached hydrogens (tertiary/aromatic N) is 2. The molecule has 32 heavy (non-hydrogen) atoms. The summed E-state index contributed by atoms with van der Waals surface area (Å²) in [7, 11) is 1.44. The number of aryl methyl sites for hydroxylation is 1. The fourth-order valence-corrected chi connectivity index (χ4v) is 3.68. The van der Waals surface area contributed by atoms with Crippen LogP contribution in [-0.2, 0) is 0 Å². The van der Waals surface area contributed by atoms with Gasteiger partial charge in [-0.15, -0.1) is 0 Å². The first kappa shape index (κ1) is 21.0. The van der Waals surface area contributed by atoms with Gasteiger partial charge in [-0.05, 0) is 31.5 Å². The van der Waals surface area contributed by atoms with Crippen LogP contribution in [0.5, 0.6) is 5.75 Å².